The number of amides is 2. The molecule has 0 unspecified atom stereocenters. The van der Waals surface area contributed by atoms with Gasteiger partial charge < -0.3 is 15.0 Å². The maximum absolute atomic E-state index is 14.2. The number of ether oxygens (including phenoxy) is 1. The summed E-state index contributed by atoms with van der Waals surface area (Å²) in [5, 5.41) is 3.34. The minimum atomic E-state index is -4.17. The molecule has 0 aliphatic carbocycles. The molecule has 1 atom stereocenters. The molecule has 0 spiro atoms. The third-order valence-electron chi connectivity index (χ3n) is 6.62. The van der Waals surface area contributed by atoms with Crippen LogP contribution < -0.4 is 14.4 Å². The van der Waals surface area contributed by atoms with Gasteiger partial charge in [-0.15, -0.1) is 0 Å². The Morgan fingerprint density at radius 2 is 1.68 bits per heavy atom. The van der Waals surface area contributed by atoms with Crippen molar-refractivity contribution in [1.82, 2.24) is 10.2 Å². The fourth-order valence-electron chi connectivity index (χ4n) is 4.52. The Hall–Kier alpha value is -3.56. The molecular formula is C31H38ClN3O5S. The second kappa shape index (κ2) is 13.9. The lowest BCUT2D eigenvalue weighted by molar-refractivity contribution is -0.140. The molecular weight excluding hydrogens is 562 g/mol. The SMILES string of the molecule is CC[C@@H](C(=O)NC(C)C)N(Cc1cccc(OC)c1)C(=O)CN(c1ccc(Cl)cc1C)S(=O)(=O)c1ccc(C)cc1. The third kappa shape index (κ3) is 8.01. The molecule has 0 aromatic heterocycles. The second-order valence-corrected chi connectivity index (χ2v) is 12.5. The first-order valence-electron chi connectivity index (χ1n) is 13.5. The largest absolute Gasteiger partial charge is 0.497 e. The van der Waals surface area contributed by atoms with E-state index < -0.39 is 28.5 Å². The lowest BCUT2D eigenvalue weighted by Gasteiger charge is -2.34. The number of nitrogens with zero attached hydrogens (tertiary/aromatic N) is 2. The van der Waals surface area contributed by atoms with E-state index in [1.54, 1.807) is 62.6 Å². The van der Waals surface area contributed by atoms with E-state index in [4.69, 9.17) is 16.3 Å². The average Bonchev–Trinajstić information content (AvgIpc) is 2.91. The van der Waals surface area contributed by atoms with Crippen LogP contribution in [0, 0.1) is 13.8 Å². The smallest absolute Gasteiger partial charge is 0.264 e. The van der Waals surface area contributed by atoms with Crippen LogP contribution in [0.1, 0.15) is 43.9 Å². The van der Waals surface area contributed by atoms with Crippen LogP contribution in [0.25, 0.3) is 0 Å². The van der Waals surface area contributed by atoms with E-state index in [9.17, 15) is 18.0 Å². The van der Waals surface area contributed by atoms with Crippen molar-refractivity contribution in [2.24, 2.45) is 0 Å². The molecule has 0 aliphatic rings. The first-order valence-corrected chi connectivity index (χ1v) is 15.3. The highest BCUT2D eigenvalue weighted by molar-refractivity contribution is 7.92. The molecule has 0 saturated carbocycles. The molecule has 0 saturated heterocycles. The first-order chi connectivity index (χ1) is 19.4. The molecule has 3 rings (SSSR count). The summed E-state index contributed by atoms with van der Waals surface area (Å²) in [4.78, 5) is 28.9. The zero-order chi connectivity index (χ0) is 30.3. The summed E-state index contributed by atoms with van der Waals surface area (Å²) in [6.45, 7) is 8.68. The second-order valence-electron chi connectivity index (χ2n) is 10.2. The standard InChI is InChI=1S/C31H38ClN3O5S/c1-7-28(31(37)33-21(2)3)34(19-24-9-8-10-26(18-24)40-6)30(36)20-35(29-16-13-25(32)17-23(29)5)41(38,39)27-14-11-22(4)12-15-27/h8-18,21,28H,7,19-20H2,1-6H3,(H,33,37)/t28-/m0/s1. The Bertz CT molecular complexity index is 1480. The number of carbonyl (C=O) groups excluding carboxylic acids is 2. The zero-order valence-corrected chi connectivity index (χ0v) is 25.9. The van der Waals surface area contributed by atoms with Gasteiger partial charge in [-0.05, 0) is 87.7 Å². The molecule has 0 bridgehead atoms. The molecule has 0 radical (unpaired) electrons. The van der Waals surface area contributed by atoms with Crippen LogP contribution in [0.4, 0.5) is 5.69 Å². The predicted octanol–water partition coefficient (Wildman–Crippen LogP) is 5.49. The van der Waals surface area contributed by atoms with Gasteiger partial charge in [0, 0.05) is 17.6 Å². The number of hydrogen-bond acceptors (Lipinski definition) is 5. The van der Waals surface area contributed by atoms with Crippen molar-refractivity contribution in [2.45, 2.75) is 64.6 Å². The Morgan fingerprint density at radius 1 is 1.00 bits per heavy atom. The maximum atomic E-state index is 14.2. The van der Waals surface area contributed by atoms with Gasteiger partial charge in [-0.25, -0.2) is 8.42 Å². The van der Waals surface area contributed by atoms with Gasteiger partial charge in [0.1, 0.15) is 18.3 Å². The number of methoxy groups -OCH3 is 1. The van der Waals surface area contributed by atoms with Crippen molar-refractivity contribution >= 4 is 39.1 Å². The average molecular weight is 600 g/mol. The van der Waals surface area contributed by atoms with E-state index >= 15 is 0 Å². The number of aryl methyl sites for hydroxylation is 2. The summed E-state index contributed by atoms with van der Waals surface area (Å²) >= 11 is 6.18. The van der Waals surface area contributed by atoms with E-state index in [2.05, 4.69) is 5.32 Å². The van der Waals surface area contributed by atoms with Gasteiger partial charge in [0.25, 0.3) is 10.0 Å². The monoisotopic (exact) mass is 599 g/mol. The highest BCUT2D eigenvalue weighted by Gasteiger charge is 2.34. The molecule has 3 aromatic carbocycles. The van der Waals surface area contributed by atoms with Crippen LogP contribution in [0.15, 0.2) is 71.6 Å². The summed E-state index contributed by atoms with van der Waals surface area (Å²) < 4.78 is 34.5. The maximum Gasteiger partial charge on any atom is 0.264 e. The summed E-state index contributed by atoms with van der Waals surface area (Å²) in [6, 6.07) is 17.5. The van der Waals surface area contributed by atoms with Crippen molar-refractivity contribution < 1.29 is 22.7 Å². The van der Waals surface area contributed by atoms with Crippen molar-refractivity contribution in [1.29, 1.82) is 0 Å². The fourth-order valence-corrected chi connectivity index (χ4v) is 6.22. The summed E-state index contributed by atoms with van der Waals surface area (Å²) in [7, 11) is -2.62. The molecule has 0 heterocycles. The highest BCUT2D eigenvalue weighted by Crippen LogP contribution is 2.30. The predicted molar refractivity (Wildman–Crippen MR) is 163 cm³/mol. The van der Waals surface area contributed by atoms with Crippen molar-refractivity contribution in [3.63, 3.8) is 0 Å². The van der Waals surface area contributed by atoms with Crippen LogP contribution in [-0.2, 0) is 26.2 Å². The molecule has 2 amide bonds. The van der Waals surface area contributed by atoms with Crippen LogP contribution in [0.5, 0.6) is 5.75 Å². The Balaban J connectivity index is 2.11. The lowest BCUT2D eigenvalue weighted by Crippen LogP contribution is -2.53. The van der Waals surface area contributed by atoms with Crippen LogP contribution in [0.2, 0.25) is 5.02 Å². The number of sulfonamides is 1. The van der Waals surface area contributed by atoms with E-state index in [-0.39, 0.29) is 23.4 Å². The van der Waals surface area contributed by atoms with E-state index in [1.165, 1.54) is 17.0 Å². The number of rotatable bonds is 12. The number of anilines is 1. The summed E-state index contributed by atoms with van der Waals surface area (Å²) in [6.07, 6.45) is 0.332. The molecule has 41 heavy (non-hydrogen) atoms. The van der Waals surface area contributed by atoms with Gasteiger partial charge in [0.05, 0.1) is 17.7 Å². The van der Waals surface area contributed by atoms with Crippen LogP contribution >= 0.6 is 11.6 Å². The van der Waals surface area contributed by atoms with Crippen LogP contribution in [0.3, 0.4) is 0 Å². The van der Waals surface area contributed by atoms with Gasteiger partial charge in [0.15, 0.2) is 0 Å². The van der Waals surface area contributed by atoms with E-state index in [1.807, 2.05) is 33.8 Å². The first kappa shape index (κ1) is 32.0. The van der Waals surface area contributed by atoms with Crippen molar-refractivity contribution in [3.05, 3.63) is 88.4 Å². The Morgan fingerprint density at radius 3 is 2.27 bits per heavy atom. The van der Waals surface area contributed by atoms with Gasteiger partial charge in [0.2, 0.25) is 11.8 Å². The molecule has 220 valence electrons. The number of halogens is 1. The molecule has 10 heteroatoms. The summed E-state index contributed by atoms with van der Waals surface area (Å²) in [5.74, 6) is -0.229. The number of nitrogens with one attached hydrogen (secondary N) is 1. The fraction of sp³-hybridized carbons (Fsp3) is 0.355. The number of carbonyl (C=O) groups is 2. The van der Waals surface area contributed by atoms with E-state index in [0.29, 0.717) is 28.4 Å². The minimum absolute atomic E-state index is 0.0502. The van der Waals surface area contributed by atoms with Crippen molar-refractivity contribution in [3.8, 4) is 5.75 Å². The molecule has 0 fully saturated rings. The van der Waals surface area contributed by atoms with Gasteiger partial charge in [-0.2, -0.15) is 0 Å². The molecule has 8 nitrogen and oxygen atoms in total. The molecule has 0 aliphatic heterocycles. The minimum Gasteiger partial charge on any atom is -0.497 e. The van der Waals surface area contributed by atoms with Crippen molar-refractivity contribution in [2.75, 3.05) is 18.0 Å². The van der Waals surface area contributed by atoms with Gasteiger partial charge in [-0.3, -0.25) is 13.9 Å². The quantitative estimate of drug-likeness (QED) is 0.297. The Kier molecular flexibility index (Phi) is 10.8. The number of benzene rings is 3. The Labute approximate surface area is 248 Å². The highest BCUT2D eigenvalue weighted by atomic mass is 35.5. The van der Waals surface area contributed by atoms with Gasteiger partial charge >= 0.3 is 0 Å². The summed E-state index contributed by atoms with van der Waals surface area (Å²) in [5.41, 5.74) is 2.55. The third-order valence-corrected chi connectivity index (χ3v) is 8.63. The van der Waals surface area contributed by atoms with E-state index in [0.717, 1.165) is 15.4 Å². The van der Waals surface area contributed by atoms with Crippen LogP contribution in [-0.4, -0.2) is 50.9 Å². The normalized spacial score (nSPS) is 12.1. The number of hydrogen-bond donors (Lipinski definition) is 1. The molecule has 3 aromatic rings. The zero-order valence-electron chi connectivity index (χ0n) is 24.3. The topological polar surface area (TPSA) is 96.0 Å². The lowest BCUT2D eigenvalue weighted by atomic mass is 10.1. The van der Waals surface area contributed by atoms with Gasteiger partial charge in [-0.1, -0.05) is 48.4 Å². The molecule has 1 N–H and O–H groups in total.